The predicted octanol–water partition coefficient (Wildman–Crippen LogP) is 0.851. The Morgan fingerprint density at radius 1 is 1.45 bits per heavy atom. The molecule has 8 nitrogen and oxygen atoms in total. The Balaban J connectivity index is 2.39. The van der Waals surface area contributed by atoms with E-state index in [0.29, 0.717) is 22.8 Å². The largest absolute Gasteiger partial charge is 0.368 e. The van der Waals surface area contributed by atoms with Crippen LogP contribution in [0.1, 0.15) is 27.2 Å². The Hall–Kier alpha value is -2.38. The van der Waals surface area contributed by atoms with E-state index in [1.54, 1.807) is 20.0 Å². The topological polar surface area (TPSA) is 122 Å². The van der Waals surface area contributed by atoms with Gasteiger partial charge in [0.2, 0.25) is 11.9 Å². The molecule has 0 spiro atoms. The molecule has 0 fully saturated rings. The molecular formula is C12H19N7O. The van der Waals surface area contributed by atoms with Crippen LogP contribution in [0.25, 0.3) is 11.0 Å². The van der Waals surface area contributed by atoms with Gasteiger partial charge in [-0.25, -0.2) is 0 Å². The van der Waals surface area contributed by atoms with Crippen LogP contribution >= 0.6 is 0 Å². The lowest BCUT2D eigenvalue weighted by atomic mass is 10.1. The van der Waals surface area contributed by atoms with Gasteiger partial charge in [0.1, 0.15) is 11.4 Å². The van der Waals surface area contributed by atoms with Gasteiger partial charge in [-0.1, -0.05) is 6.92 Å². The molecule has 0 atom stereocenters. The molecule has 1 amide bonds. The summed E-state index contributed by atoms with van der Waals surface area (Å²) in [5.41, 5.74) is 5.05. The third-order valence-electron chi connectivity index (χ3n) is 2.89. The highest BCUT2D eigenvalue weighted by Gasteiger charge is 2.26. The van der Waals surface area contributed by atoms with Crippen molar-refractivity contribution < 1.29 is 4.79 Å². The number of carbonyl (C=O) groups excluding carboxylic acids is 1. The van der Waals surface area contributed by atoms with E-state index in [4.69, 9.17) is 5.73 Å². The van der Waals surface area contributed by atoms with Crippen molar-refractivity contribution >= 4 is 28.7 Å². The summed E-state index contributed by atoms with van der Waals surface area (Å²) in [4.78, 5) is 20.1. The normalized spacial score (nSPS) is 11.6. The van der Waals surface area contributed by atoms with Gasteiger partial charge in [-0.15, -0.1) is 0 Å². The van der Waals surface area contributed by atoms with Crippen LogP contribution in [0.4, 0.5) is 11.8 Å². The van der Waals surface area contributed by atoms with Crippen molar-refractivity contribution in [3.05, 3.63) is 6.20 Å². The van der Waals surface area contributed by atoms with Gasteiger partial charge in [-0.05, 0) is 20.3 Å². The Bertz CT molecular complexity index is 619. The summed E-state index contributed by atoms with van der Waals surface area (Å²) in [7, 11) is 0. The van der Waals surface area contributed by atoms with Crippen LogP contribution in [0.2, 0.25) is 0 Å². The van der Waals surface area contributed by atoms with Crippen LogP contribution in [-0.4, -0.2) is 38.2 Å². The molecule has 20 heavy (non-hydrogen) atoms. The van der Waals surface area contributed by atoms with Gasteiger partial charge in [0.25, 0.3) is 0 Å². The van der Waals surface area contributed by atoms with Crippen LogP contribution in [0, 0.1) is 0 Å². The molecule has 2 aromatic rings. The van der Waals surface area contributed by atoms with Crippen molar-refractivity contribution in [3.8, 4) is 0 Å². The maximum absolute atomic E-state index is 11.4. The Kier molecular flexibility index (Phi) is 3.73. The first-order chi connectivity index (χ1) is 9.44. The first kappa shape index (κ1) is 14.0. The van der Waals surface area contributed by atoms with Crippen LogP contribution in [-0.2, 0) is 4.79 Å². The van der Waals surface area contributed by atoms with E-state index in [1.165, 1.54) is 0 Å². The Morgan fingerprint density at radius 3 is 2.85 bits per heavy atom. The number of nitrogens with one attached hydrogen (secondary N) is 3. The zero-order valence-corrected chi connectivity index (χ0v) is 11.8. The fourth-order valence-electron chi connectivity index (χ4n) is 1.60. The van der Waals surface area contributed by atoms with Gasteiger partial charge < -0.3 is 16.4 Å². The number of rotatable bonds is 6. The van der Waals surface area contributed by atoms with E-state index in [0.717, 1.165) is 13.0 Å². The zero-order chi connectivity index (χ0) is 14.8. The first-order valence-electron chi connectivity index (χ1n) is 6.47. The van der Waals surface area contributed by atoms with Crippen molar-refractivity contribution in [3.63, 3.8) is 0 Å². The summed E-state index contributed by atoms with van der Waals surface area (Å²) >= 11 is 0. The van der Waals surface area contributed by atoms with Crippen LogP contribution in [0.3, 0.4) is 0 Å². The monoisotopic (exact) mass is 277 g/mol. The molecule has 5 N–H and O–H groups in total. The quantitative estimate of drug-likeness (QED) is 0.621. The summed E-state index contributed by atoms with van der Waals surface area (Å²) in [6.07, 6.45) is 2.57. The number of H-pyrrole nitrogens is 1. The van der Waals surface area contributed by atoms with Gasteiger partial charge in [-0.2, -0.15) is 15.1 Å². The lowest BCUT2D eigenvalue weighted by Crippen LogP contribution is -2.45. The summed E-state index contributed by atoms with van der Waals surface area (Å²) in [6.45, 7) is 6.21. The summed E-state index contributed by atoms with van der Waals surface area (Å²) in [5.74, 6) is 0.536. The summed E-state index contributed by atoms with van der Waals surface area (Å²) in [6, 6.07) is 0. The minimum atomic E-state index is -0.916. The smallest absolute Gasteiger partial charge is 0.242 e. The van der Waals surface area contributed by atoms with E-state index >= 15 is 0 Å². The molecule has 2 heterocycles. The van der Waals surface area contributed by atoms with Crippen molar-refractivity contribution in [1.29, 1.82) is 0 Å². The van der Waals surface area contributed by atoms with Gasteiger partial charge in [0.05, 0.1) is 11.6 Å². The molecule has 108 valence electrons. The predicted molar refractivity (Wildman–Crippen MR) is 77.4 cm³/mol. The fraction of sp³-hybridized carbons (Fsp3) is 0.500. The number of aromatic nitrogens is 4. The lowest BCUT2D eigenvalue weighted by molar-refractivity contribution is -0.121. The number of anilines is 2. The molecule has 0 bridgehead atoms. The molecule has 0 saturated carbocycles. The number of aromatic amines is 1. The zero-order valence-electron chi connectivity index (χ0n) is 11.8. The number of hydrogen-bond acceptors (Lipinski definition) is 6. The van der Waals surface area contributed by atoms with Gasteiger partial charge >= 0.3 is 0 Å². The minimum absolute atomic E-state index is 0.462. The Morgan fingerprint density at radius 2 is 2.20 bits per heavy atom. The number of amides is 1. The van der Waals surface area contributed by atoms with E-state index in [-0.39, 0.29) is 0 Å². The van der Waals surface area contributed by atoms with E-state index < -0.39 is 11.4 Å². The first-order valence-corrected chi connectivity index (χ1v) is 6.47. The summed E-state index contributed by atoms with van der Waals surface area (Å²) in [5, 5.41) is 13.6. The van der Waals surface area contributed by atoms with Crippen molar-refractivity contribution in [1.82, 2.24) is 20.2 Å². The number of hydrogen-bond donors (Lipinski definition) is 4. The molecule has 0 saturated heterocycles. The molecule has 0 aliphatic carbocycles. The van der Waals surface area contributed by atoms with Crippen LogP contribution < -0.4 is 16.4 Å². The third kappa shape index (κ3) is 2.79. The van der Waals surface area contributed by atoms with E-state index in [1.807, 2.05) is 0 Å². The Labute approximate surface area is 116 Å². The molecular weight excluding hydrogens is 258 g/mol. The standard InChI is InChI=1S/C12H19N7O/c1-4-5-14-11-16-8(18-12(2,3)10(13)20)7-6-15-19-9(7)17-11/h6H,4-5H2,1-3H3,(H2,13,20)(H3,14,15,16,17,18,19). The number of nitrogens with zero attached hydrogens (tertiary/aromatic N) is 3. The highest BCUT2D eigenvalue weighted by molar-refractivity contribution is 5.92. The molecule has 0 aliphatic rings. The average Bonchev–Trinajstić information content (AvgIpc) is 2.84. The molecule has 0 radical (unpaired) electrons. The van der Waals surface area contributed by atoms with E-state index in [9.17, 15) is 4.79 Å². The maximum atomic E-state index is 11.4. The number of primary amides is 1. The molecule has 2 aromatic heterocycles. The second-order valence-electron chi connectivity index (χ2n) is 5.07. The molecule has 2 rings (SSSR count). The number of fused-ring (bicyclic) bond motifs is 1. The molecule has 0 unspecified atom stereocenters. The minimum Gasteiger partial charge on any atom is -0.368 e. The van der Waals surface area contributed by atoms with Crippen molar-refractivity contribution in [2.24, 2.45) is 5.73 Å². The second-order valence-corrected chi connectivity index (χ2v) is 5.07. The number of carbonyl (C=O) groups is 1. The molecule has 0 aliphatic heterocycles. The molecule has 0 aromatic carbocycles. The van der Waals surface area contributed by atoms with Gasteiger partial charge in [0.15, 0.2) is 5.65 Å². The average molecular weight is 277 g/mol. The fourth-order valence-corrected chi connectivity index (χ4v) is 1.60. The van der Waals surface area contributed by atoms with Gasteiger partial charge in [-0.3, -0.25) is 9.89 Å². The van der Waals surface area contributed by atoms with Crippen LogP contribution in [0.15, 0.2) is 6.20 Å². The SMILES string of the molecule is CCCNc1nc(NC(C)(C)C(N)=O)c2cn[nH]c2n1. The maximum Gasteiger partial charge on any atom is 0.242 e. The highest BCUT2D eigenvalue weighted by Crippen LogP contribution is 2.23. The number of nitrogens with two attached hydrogens (primary N) is 1. The highest BCUT2D eigenvalue weighted by atomic mass is 16.1. The van der Waals surface area contributed by atoms with Crippen molar-refractivity contribution in [2.45, 2.75) is 32.7 Å². The van der Waals surface area contributed by atoms with E-state index in [2.05, 4.69) is 37.7 Å². The second kappa shape index (κ2) is 5.32. The van der Waals surface area contributed by atoms with Crippen LogP contribution in [0.5, 0.6) is 0 Å². The lowest BCUT2D eigenvalue weighted by Gasteiger charge is -2.23. The summed E-state index contributed by atoms with van der Waals surface area (Å²) < 4.78 is 0. The van der Waals surface area contributed by atoms with Gasteiger partial charge in [0, 0.05) is 6.54 Å². The third-order valence-corrected chi connectivity index (χ3v) is 2.89. The molecule has 8 heteroatoms. The van der Waals surface area contributed by atoms with Crippen molar-refractivity contribution in [2.75, 3.05) is 17.2 Å².